The van der Waals surface area contributed by atoms with Gasteiger partial charge in [-0.25, -0.2) is 0 Å². The van der Waals surface area contributed by atoms with Gasteiger partial charge < -0.3 is 15.5 Å². The SMILES string of the molecule is CN(C)c1cccc(-c2cccc3c2NCCC(=O)N3)c1. The maximum atomic E-state index is 11.7. The molecule has 0 atom stereocenters. The van der Waals surface area contributed by atoms with Crippen LogP contribution in [0.15, 0.2) is 42.5 Å². The van der Waals surface area contributed by atoms with Crippen molar-refractivity contribution < 1.29 is 4.79 Å². The fourth-order valence-electron chi connectivity index (χ4n) is 2.55. The van der Waals surface area contributed by atoms with E-state index in [2.05, 4.69) is 45.9 Å². The molecule has 1 aliphatic rings. The summed E-state index contributed by atoms with van der Waals surface area (Å²) in [5, 5.41) is 6.33. The molecule has 0 spiro atoms. The Labute approximate surface area is 124 Å². The Hall–Kier alpha value is -2.49. The first-order valence-corrected chi connectivity index (χ1v) is 7.09. The van der Waals surface area contributed by atoms with Gasteiger partial charge in [-0.05, 0) is 23.8 Å². The van der Waals surface area contributed by atoms with Crippen LogP contribution < -0.4 is 15.5 Å². The molecule has 1 heterocycles. The normalized spacial score (nSPS) is 13.7. The highest BCUT2D eigenvalue weighted by Crippen LogP contribution is 2.36. The molecule has 2 aromatic rings. The highest BCUT2D eigenvalue weighted by Gasteiger charge is 2.16. The number of fused-ring (bicyclic) bond motifs is 1. The maximum Gasteiger partial charge on any atom is 0.226 e. The van der Waals surface area contributed by atoms with Gasteiger partial charge in [0.25, 0.3) is 0 Å². The molecule has 0 fully saturated rings. The molecule has 4 nitrogen and oxygen atoms in total. The number of hydrogen-bond donors (Lipinski definition) is 2. The zero-order valence-corrected chi connectivity index (χ0v) is 12.3. The van der Waals surface area contributed by atoms with E-state index >= 15 is 0 Å². The highest BCUT2D eigenvalue weighted by molar-refractivity contribution is 6.00. The largest absolute Gasteiger partial charge is 0.382 e. The average molecular weight is 281 g/mol. The molecule has 0 unspecified atom stereocenters. The second-order valence-corrected chi connectivity index (χ2v) is 5.40. The van der Waals surface area contributed by atoms with Crippen molar-refractivity contribution in [2.24, 2.45) is 0 Å². The van der Waals surface area contributed by atoms with Crippen LogP contribution in [0.5, 0.6) is 0 Å². The number of nitrogens with one attached hydrogen (secondary N) is 2. The Kier molecular flexibility index (Phi) is 3.52. The minimum atomic E-state index is 0.0560. The van der Waals surface area contributed by atoms with Crippen molar-refractivity contribution in [3.8, 4) is 11.1 Å². The van der Waals surface area contributed by atoms with Crippen molar-refractivity contribution in [1.29, 1.82) is 0 Å². The molecular formula is C17H19N3O. The number of carbonyl (C=O) groups is 1. The van der Waals surface area contributed by atoms with E-state index < -0.39 is 0 Å². The third kappa shape index (κ3) is 2.70. The van der Waals surface area contributed by atoms with Gasteiger partial charge >= 0.3 is 0 Å². The smallest absolute Gasteiger partial charge is 0.226 e. The van der Waals surface area contributed by atoms with Gasteiger partial charge in [-0.1, -0.05) is 24.3 Å². The number of para-hydroxylation sites is 1. The van der Waals surface area contributed by atoms with E-state index in [4.69, 9.17) is 0 Å². The molecule has 0 aliphatic carbocycles. The van der Waals surface area contributed by atoms with Crippen molar-refractivity contribution in [3.63, 3.8) is 0 Å². The van der Waals surface area contributed by atoms with Crippen LogP contribution in [0.1, 0.15) is 6.42 Å². The molecule has 0 saturated heterocycles. The summed E-state index contributed by atoms with van der Waals surface area (Å²) >= 11 is 0. The predicted molar refractivity (Wildman–Crippen MR) is 87.9 cm³/mol. The molecule has 0 aromatic heterocycles. The van der Waals surface area contributed by atoms with Crippen LogP contribution in [0.25, 0.3) is 11.1 Å². The maximum absolute atomic E-state index is 11.7. The summed E-state index contributed by atoms with van der Waals surface area (Å²) in [5.74, 6) is 0.0560. The average Bonchev–Trinajstić information content (AvgIpc) is 2.67. The number of carbonyl (C=O) groups excluding carboxylic acids is 1. The van der Waals surface area contributed by atoms with Crippen molar-refractivity contribution in [3.05, 3.63) is 42.5 Å². The molecule has 4 heteroatoms. The fourth-order valence-corrected chi connectivity index (χ4v) is 2.55. The molecule has 0 radical (unpaired) electrons. The lowest BCUT2D eigenvalue weighted by Gasteiger charge is -2.17. The molecule has 2 aromatic carbocycles. The number of rotatable bonds is 2. The standard InChI is InChI=1S/C17H19N3O/c1-20(2)13-6-3-5-12(11-13)14-7-4-8-15-17(14)18-10-9-16(21)19-15/h3-8,11,18H,9-10H2,1-2H3,(H,19,21). The first kappa shape index (κ1) is 13.5. The van der Waals surface area contributed by atoms with Crippen molar-refractivity contribution >= 4 is 23.0 Å². The fraction of sp³-hybridized carbons (Fsp3) is 0.235. The number of hydrogen-bond acceptors (Lipinski definition) is 3. The first-order chi connectivity index (χ1) is 10.1. The van der Waals surface area contributed by atoms with Crippen molar-refractivity contribution in [2.75, 3.05) is 36.2 Å². The van der Waals surface area contributed by atoms with Crippen LogP contribution in [0.2, 0.25) is 0 Å². The minimum Gasteiger partial charge on any atom is -0.382 e. The molecule has 21 heavy (non-hydrogen) atoms. The van der Waals surface area contributed by atoms with Gasteiger partial charge in [-0.2, -0.15) is 0 Å². The van der Waals surface area contributed by atoms with Crippen molar-refractivity contribution in [1.82, 2.24) is 0 Å². The first-order valence-electron chi connectivity index (χ1n) is 7.09. The van der Waals surface area contributed by atoms with Crippen LogP contribution in [0.3, 0.4) is 0 Å². The summed E-state index contributed by atoms with van der Waals surface area (Å²) in [6.45, 7) is 0.656. The Morgan fingerprint density at radius 3 is 2.71 bits per heavy atom. The van der Waals surface area contributed by atoms with E-state index in [0.717, 1.165) is 28.2 Å². The zero-order chi connectivity index (χ0) is 14.8. The third-order valence-electron chi connectivity index (χ3n) is 3.67. The van der Waals surface area contributed by atoms with E-state index in [0.29, 0.717) is 13.0 Å². The molecule has 1 amide bonds. The Balaban J connectivity index is 2.09. The summed E-state index contributed by atoms with van der Waals surface area (Å²) in [6, 6.07) is 14.4. The van der Waals surface area contributed by atoms with E-state index in [-0.39, 0.29) is 5.91 Å². The molecule has 108 valence electrons. The number of nitrogens with zero attached hydrogens (tertiary/aromatic N) is 1. The molecule has 1 aliphatic heterocycles. The van der Waals surface area contributed by atoms with Gasteiger partial charge in [-0.3, -0.25) is 4.79 Å². The van der Waals surface area contributed by atoms with Gasteiger partial charge in [0.1, 0.15) is 0 Å². The van der Waals surface area contributed by atoms with E-state index in [1.165, 1.54) is 0 Å². The second-order valence-electron chi connectivity index (χ2n) is 5.40. The van der Waals surface area contributed by atoms with Crippen LogP contribution in [0, 0.1) is 0 Å². The highest BCUT2D eigenvalue weighted by atomic mass is 16.1. The summed E-state index contributed by atoms with van der Waals surface area (Å²) in [7, 11) is 4.06. The molecule has 0 saturated carbocycles. The lowest BCUT2D eigenvalue weighted by Crippen LogP contribution is -2.10. The molecular weight excluding hydrogens is 262 g/mol. The predicted octanol–water partition coefficient (Wildman–Crippen LogP) is 3.17. The third-order valence-corrected chi connectivity index (χ3v) is 3.67. The molecule has 0 bridgehead atoms. The van der Waals surface area contributed by atoms with E-state index in [1.807, 2.05) is 26.2 Å². The van der Waals surface area contributed by atoms with Gasteiger partial charge in [-0.15, -0.1) is 0 Å². The lowest BCUT2D eigenvalue weighted by molar-refractivity contribution is -0.115. The summed E-state index contributed by atoms with van der Waals surface area (Å²) in [5.41, 5.74) is 5.26. The van der Waals surface area contributed by atoms with Gasteiger partial charge in [0.15, 0.2) is 0 Å². The molecule has 3 rings (SSSR count). The van der Waals surface area contributed by atoms with Gasteiger partial charge in [0, 0.05) is 38.3 Å². The lowest BCUT2D eigenvalue weighted by atomic mass is 10.0. The van der Waals surface area contributed by atoms with Crippen LogP contribution in [-0.4, -0.2) is 26.5 Å². The topological polar surface area (TPSA) is 44.4 Å². The quantitative estimate of drug-likeness (QED) is 0.888. The number of benzene rings is 2. The zero-order valence-electron chi connectivity index (χ0n) is 12.3. The van der Waals surface area contributed by atoms with Crippen molar-refractivity contribution in [2.45, 2.75) is 6.42 Å². The number of anilines is 3. The Morgan fingerprint density at radius 1 is 1.10 bits per heavy atom. The van der Waals surface area contributed by atoms with Gasteiger partial charge in [0.05, 0.1) is 11.4 Å². The Bertz CT molecular complexity index is 679. The minimum absolute atomic E-state index is 0.0560. The summed E-state index contributed by atoms with van der Waals surface area (Å²) in [4.78, 5) is 13.8. The monoisotopic (exact) mass is 281 g/mol. The molecule has 2 N–H and O–H groups in total. The van der Waals surface area contributed by atoms with Crippen LogP contribution in [-0.2, 0) is 4.79 Å². The van der Waals surface area contributed by atoms with E-state index in [1.54, 1.807) is 0 Å². The van der Waals surface area contributed by atoms with Gasteiger partial charge in [0.2, 0.25) is 5.91 Å². The summed E-state index contributed by atoms with van der Waals surface area (Å²) in [6.07, 6.45) is 0.492. The van der Waals surface area contributed by atoms with Crippen LogP contribution >= 0.6 is 0 Å². The summed E-state index contributed by atoms with van der Waals surface area (Å²) < 4.78 is 0. The van der Waals surface area contributed by atoms with E-state index in [9.17, 15) is 4.79 Å². The second kappa shape index (κ2) is 5.48. The number of amides is 1. The van der Waals surface area contributed by atoms with Crippen LogP contribution in [0.4, 0.5) is 17.1 Å². The Morgan fingerprint density at radius 2 is 1.90 bits per heavy atom.